The van der Waals surface area contributed by atoms with Gasteiger partial charge >= 0.3 is 0 Å². The molecule has 0 spiro atoms. The van der Waals surface area contributed by atoms with Gasteiger partial charge in [0.05, 0.1) is 5.60 Å². The Morgan fingerprint density at radius 3 is 2.68 bits per heavy atom. The van der Waals surface area contributed by atoms with Crippen molar-refractivity contribution in [2.45, 2.75) is 38.8 Å². The number of benzene rings is 1. The van der Waals surface area contributed by atoms with Crippen LogP contribution in [0.1, 0.15) is 38.2 Å². The summed E-state index contributed by atoms with van der Waals surface area (Å²) in [5.74, 6) is 0.228. The zero-order chi connectivity index (χ0) is 14.0. The van der Waals surface area contributed by atoms with Crippen LogP contribution in [0.3, 0.4) is 0 Å². The molecular formula is C14H18FN3O. The molecule has 0 bridgehead atoms. The van der Waals surface area contributed by atoms with E-state index >= 15 is 0 Å². The minimum atomic E-state index is -1.31. The summed E-state index contributed by atoms with van der Waals surface area (Å²) in [5, 5.41) is 14.6. The van der Waals surface area contributed by atoms with Crippen molar-refractivity contribution in [1.29, 1.82) is 0 Å². The van der Waals surface area contributed by atoms with Gasteiger partial charge in [-0.2, -0.15) is 5.10 Å². The summed E-state index contributed by atoms with van der Waals surface area (Å²) in [4.78, 5) is 4.15. The fourth-order valence-corrected chi connectivity index (χ4v) is 2.13. The van der Waals surface area contributed by atoms with Crippen molar-refractivity contribution in [3.8, 4) is 0 Å². The van der Waals surface area contributed by atoms with E-state index in [0.717, 1.165) is 0 Å². The van der Waals surface area contributed by atoms with Crippen LogP contribution in [-0.4, -0.2) is 19.9 Å². The quantitative estimate of drug-likeness (QED) is 0.921. The number of hydrogen-bond donors (Lipinski definition) is 1. The molecule has 2 rings (SSSR count). The smallest absolute Gasteiger partial charge is 0.138 e. The molecular weight excluding hydrogens is 245 g/mol. The van der Waals surface area contributed by atoms with Crippen LogP contribution in [0.25, 0.3) is 0 Å². The number of aromatic nitrogens is 3. The Bertz CT molecular complexity index is 563. The maximum atomic E-state index is 13.8. The van der Waals surface area contributed by atoms with Crippen molar-refractivity contribution in [2.24, 2.45) is 0 Å². The fraction of sp³-hybridized carbons (Fsp3) is 0.429. The van der Waals surface area contributed by atoms with E-state index in [1.54, 1.807) is 29.8 Å². The first-order chi connectivity index (χ1) is 8.92. The zero-order valence-electron chi connectivity index (χ0n) is 11.3. The van der Waals surface area contributed by atoms with Gasteiger partial charge in [-0.3, -0.25) is 0 Å². The highest BCUT2D eigenvalue weighted by molar-refractivity contribution is 5.24. The van der Waals surface area contributed by atoms with Gasteiger partial charge < -0.3 is 5.11 Å². The molecule has 5 heteroatoms. The van der Waals surface area contributed by atoms with Crippen LogP contribution in [0.4, 0.5) is 4.39 Å². The van der Waals surface area contributed by atoms with Crippen LogP contribution in [-0.2, 0) is 12.0 Å². The molecule has 0 fully saturated rings. The van der Waals surface area contributed by atoms with Gasteiger partial charge in [0.25, 0.3) is 0 Å². The van der Waals surface area contributed by atoms with Crippen molar-refractivity contribution in [3.63, 3.8) is 0 Å². The SMILES string of the molecule is CC(C)n1ncnc1CC(C)(O)c1ccccc1F. The molecule has 2 aromatic rings. The number of rotatable bonds is 4. The standard InChI is InChI=1S/C14H18FN3O/c1-10(2)18-13(16-9-17-18)8-14(3,19)11-6-4-5-7-12(11)15/h4-7,9-10,19H,8H2,1-3H3. The van der Waals surface area contributed by atoms with Crippen LogP contribution < -0.4 is 0 Å². The van der Waals surface area contributed by atoms with Gasteiger partial charge in [0.15, 0.2) is 0 Å². The summed E-state index contributed by atoms with van der Waals surface area (Å²) < 4.78 is 15.5. The third-order valence-electron chi connectivity index (χ3n) is 3.09. The maximum Gasteiger partial charge on any atom is 0.138 e. The molecule has 0 amide bonds. The van der Waals surface area contributed by atoms with E-state index < -0.39 is 11.4 Å². The van der Waals surface area contributed by atoms with E-state index in [1.165, 1.54) is 12.4 Å². The molecule has 1 N–H and O–H groups in total. The van der Waals surface area contributed by atoms with E-state index in [0.29, 0.717) is 5.82 Å². The highest BCUT2D eigenvalue weighted by Crippen LogP contribution is 2.27. The topological polar surface area (TPSA) is 50.9 Å². The van der Waals surface area contributed by atoms with Gasteiger partial charge in [0, 0.05) is 18.0 Å². The van der Waals surface area contributed by atoms with Crippen molar-refractivity contribution in [1.82, 2.24) is 14.8 Å². The molecule has 0 aliphatic rings. The molecule has 0 aliphatic heterocycles. The molecule has 1 unspecified atom stereocenters. The average Bonchev–Trinajstić information content (AvgIpc) is 2.76. The highest BCUT2D eigenvalue weighted by atomic mass is 19.1. The molecule has 19 heavy (non-hydrogen) atoms. The van der Waals surface area contributed by atoms with E-state index in [1.807, 2.05) is 13.8 Å². The molecule has 0 saturated carbocycles. The highest BCUT2D eigenvalue weighted by Gasteiger charge is 2.29. The lowest BCUT2D eigenvalue weighted by molar-refractivity contribution is 0.0502. The second kappa shape index (κ2) is 5.09. The molecule has 1 atom stereocenters. The van der Waals surface area contributed by atoms with Crippen LogP contribution in [0, 0.1) is 5.82 Å². The molecule has 1 aromatic heterocycles. The molecule has 0 saturated heterocycles. The third-order valence-corrected chi connectivity index (χ3v) is 3.09. The van der Waals surface area contributed by atoms with E-state index in [4.69, 9.17) is 0 Å². The van der Waals surface area contributed by atoms with Crippen molar-refractivity contribution < 1.29 is 9.50 Å². The second-order valence-electron chi connectivity index (χ2n) is 5.15. The summed E-state index contributed by atoms with van der Waals surface area (Å²) in [6, 6.07) is 6.39. The minimum Gasteiger partial charge on any atom is -0.385 e. The van der Waals surface area contributed by atoms with E-state index in [9.17, 15) is 9.50 Å². The number of halogens is 1. The van der Waals surface area contributed by atoms with Gasteiger partial charge in [-0.1, -0.05) is 18.2 Å². The first-order valence-electron chi connectivity index (χ1n) is 6.27. The zero-order valence-corrected chi connectivity index (χ0v) is 11.3. The normalized spacial score (nSPS) is 14.6. The summed E-state index contributed by atoms with van der Waals surface area (Å²) in [6.45, 7) is 5.55. The van der Waals surface area contributed by atoms with Crippen LogP contribution in [0.5, 0.6) is 0 Å². The summed E-state index contributed by atoms with van der Waals surface area (Å²) in [7, 11) is 0. The van der Waals surface area contributed by atoms with Gasteiger partial charge in [-0.15, -0.1) is 0 Å². The molecule has 0 aliphatic carbocycles. The largest absolute Gasteiger partial charge is 0.385 e. The Hall–Kier alpha value is -1.75. The van der Waals surface area contributed by atoms with Gasteiger partial charge in [-0.25, -0.2) is 14.1 Å². The summed E-state index contributed by atoms with van der Waals surface area (Å²) in [5.41, 5.74) is -1.04. The number of hydrogen-bond acceptors (Lipinski definition) is 3. The molecule has 0 radical (unpaired) electrons. The first-order valence-corrected chi connectivity index (χ1v) is 6.27. The Morgan fingerprint density at radius 2 is 2.05 bits per heavy atom. The van der Waals surface area contributed by atoms with Crippen LogP contribution in [0.2, 0.25) is 0 Å². The number of nitrogens with zero attached hydrogens (tertiary/aromatic N) is 3. The minimum absolute atomic E-state index is 0.147. The third kappa shape index (κ3) is 2.81. The van der Waals surface area contributed by atoms with Crippen molar-refractivity contribution in [2.75, 3.05) is 0 Å². The lowest BCUT2D eigenvalue weighted by Crippen LogP contribution is -2.28. The summed E-state index contributed by atoms with van der Waals surface area (Å²) in [6.07, 6.45) is 1.67. The lowest BCUT2D eigenvalue weighted by atomic mass is 9.91. The Kier molecular flexibility index (Phi) is 3.66. The fourth-order valence-electron chi connectivity index (χ4n) is 2.13. The number of aliphatic hydroxyl groups is 1. The Balaban J connectivity index is 2.31. The van der Waals surface area contributed by atoms with E-state index in [2.05, 4.69) is 10.1 Å². The molecule has 1 aromatic carbocycles. The lowest BCUT2D eigenvalue weighted by Gasteiger charge is -2.24. The van der Waals surface area contributed by atoms with Crippen molar-refractivity contribution in [3.05, 3.63) is 47.8 Å². The Morgan fingerprint density at radius 1 is 1.37 bits per heavy atom. The van der Waals surface area contributed by atoms with Crippen molar-refractivity contribution >= 4 is 0 Å². The maximum absolute atomic E-state index is 13.8. The van der Waals surface area contributed by atoms with Gasteiger partial charge in [0.2, 0.25) is 0 Å². The molecule has 102 valence electrons. The molecule has 1 heterocycles. The average molecular weight is 263 g/mol. The van der Waals surface area contributed by atoms with Crippen LogP contribution in [0.15, 0.2) is 30.6 Å². The summed E-state index contributed by atoms with van der Waals surface area (Å²) >= 11 is 0. The van der Waals surface area contributed by atoms with Gasteiger partial charge in [0.1, 0.15) is 18.0 Å². The first kappa shape index (κ1) is 13.7. The Labute approximate surface area is 111 Å². The second-order valence-corrected chi connectivity index (χ2v) is 5.15. The monoisotopic (exact) mass is 263 g/mol. The van der Waals surface area contributed by atoms with Crippen LogP contribution >= 0.6 is 0 Å². The predicted octanol–water partition coefficient (Wildman–Crippen LogP) is 2.45. The van der Waals surface area contributed by atoms with Gasteiger partial charge in [-0.05, 0) is 26.8 Å². The van der Waals surface area contributed by atoms with E-state index in [-0.39, 0.29) is 18.0 Å². The predicted molar refractivity (Wildman–Crippen MR) is 70.1 cm³/mol. The molecule has 4 nitrogen and oxygen atoms in total.